The molecule has 1 saturated heterocycles. The maximum Gasteiger partial charge on any atom is 0.251 e. The van der Waals surface area contributed by atoms with Crippen molar-refractivity contribution in [2.75, 3.05) is 13.1 Å². The highest BCUT2D eigenvalue weighted by atomic mass is 16.2. The smallest absolute Gasteiger partial charge is 0.251 e. The number of hydrogen-bond donors (Lipinski definition) is 2. The van der Waals surface area contributed by atoms with E-state index in [1.54, 1.807) is 29.2 Å². The molecule has 2 aromatic rings. The van der Waals surface area contributed by atoms with Gasteiger partial charge in [0.05, 0.1) is 12.5 Å². The Balaban J connectivity index is 1.69. The van der Waals surface area contributed by atoms with E-state index in [-0.39, 0.29) is 30.1 Å². The number of primary amides is 1. The number of carbonyl (C=O) groups excluding carboxylic acids is 3. The molecule has 6 nitrogen and oxygen atoms in total. The number of amides is 3. The molecule has 0 spiro atoms. The Bertz CT molecular complexity index is 815. The highest BCUT2D eigenvalue weighted by Gasteiger charge is 2.28. The zero-order valence-corrected chi connectivity index (χ0v) is 15.7. The van der Waals surface area contributed by atoms with Crippen LogP contribution in [0.2, 0.25) is 0 Å². The molecule has 1 aliphatic rings. The van der Waals surface area contributed by atoms with Crippen molar-refractivity contribution in [2.45, 2.75) is 25.3 Å². The standard InChI is InChI=1S/C22H25N3O3/c23-21(27)17-11-13-25(14-12-17)20(26)15-19(16-7-3-1-4-8-16)24-22(28)18-9-5-2-6-10-18/h1-10,17,19H,11-15H2,(H2,23,27)(H,24,28). The molecule has 3 rings (SSSR count). The minimum absolute atomic E-state index is 0.0369. The summed E-state index contributed by atoms with van der Waals surface area (Å²) in [6, 6.07) is 18.0. The van der Waals surface area contributed by atoms with E-state index in [1.165, 1.54) is 0 Å². The van der Waals surface area contributed by atoms with Crippen LogP contribution in [0.25, 0.3) is 0 Å². The van der Waals surface area contributed by atoms with Crippen molar-refractivity contribution < 1.29 is 14.4 Å². The van der Waals surface area contributed by atoms with Gasteiger partial charge in [-0.2, -0.15) is 0 Å². The van der Waals surface area contributed by atoms with E-state index in [9.17, 15) is 14.4 Å². The Labute approximate surface area is 164 Å². The molecule has 1 heterocycles. The molecular formula is C22H25N3O3. The van der Waals surface area contributed by atoms with Crippen LogP contribution in [0.4, 0.5) is 0 Å². The molecule has 0 saturated carbocycles. The molecule has 0 aliphatic carbocycles. The third-order valence-electron chi connectivity index (χ3n) is 5.17. The number of likely N-dealkylation sites (tertiary alicyclic amines) is 1. The van der Waals surface area contributed by atoms with Crippen molar-refractivity contribution >= 4 is 17.7 Å². The first-order valence-corrected chi connectivity index (χ1v) is 9.52. The summed E-state index contributed by atoms with van der Waals surface area (Å²) in [6.45, 7) is 1.03. The van der Waals surface area contributed by atoms with Crippen LogP contribution in [-0.2, 0) is 9.59 Å². The van der Waals surface area contributed by atoms with Gasteiger partial charge >= 0.3 is 0 Å². The van der Waals surface area contributed by atoms with Crippen LogP contribution in [0.1, 0.15) is 41.2 Å². The Morgan fingerprint density at radius 2 is 1.54 bits per heavy atom. The zero-order valence-electron chi connectivity index (χ0n) is 15.7. The van der Waals surface area contributed by atoms with Gasteiger partial charge < -0.3 is 16.0 Å². The molecule has 28 heavy (non-hydrogen) atoms. The van der Waals surface area contributed by atoms with Crippen molar-refractivity contribution in [3.05, 3.63) is 71.8 Å². The van der Waals surface area contributed by atoms with Gasteiger partial charge in [-0.05, 0) is 30.5 Å². The Hall–Kier alpha value is -3.15. The minimum Gasteiger partial charge on any atom is -0.369 e. The Morgan fingerprint density at radius 1 is 0.964 bits per heavy atom. The second-order valence-corrected chi connectivity index (χ2v) is 7.06. The molecule has 0 aromatic heterocycles. The van der Waals surface area contributed by atoms with Gasteiger partial charge in [0.25, 0.3) is 5.91 Å². The van der Waals surface area contributed by atoms with Crippen LogP contribution in [0.3, 0.4) is 0 Å². The van der Waals surface area contributed by atoms with Gasteiger partial charge in [-0.3, -0.25) is 14.4 Å². The summed E-state index contributed by atoms with van der Waals surface area (Å²) in [5.74, 6) is -0.712. The summed E-state index contributed by atoms with van der Waals surface area (Å²) in [7, 11) is 0. The highest BCUT2D eigenvalue weighted by Crippen LogP contribution is 2.22. The molecule has 6 heteroatoms. The number of benzene rings is 2. The van der Waals surface area contributed by atoms with Gasteiger partial charge in [0.1, 0.15) is 0 Å². The number of rotatable bonds is 6. The lowest BCUT2D eigenvalue weighted by Crippen LogP contribution is -2.43. The molecule has 1 unspecified atom stereocenters. The molecule has 1 atom stereocenters. The quantitative estimate of drug-likeness (QED) is 0.806. The molecule has 0 radical (unpaired) electrons. The summed E-state index contributed by atoms with van der Waals surface area (Å²) >= 11 is 0. The van der Waals surface area contributed by atoms with Crippen LogP contribution in [0.15, 0.2) is 60.7 Å². The summed E-state index contributed by atoms with van der Waals surface area (Å²) in [6.07, 6.45) is 1.35. The Morgan fingerprint density at radius 3 is 2.11 bits per heavy atom. The first-order valence-electron chi connectivity index (χ1n) is 9.52. The maximum absolute atomic E-state index is 12.8. The van der Waals surface area contributed by atoms with Gasteiger partial charge in [-0.15, -0.1) is 0 Å². The Kier molecular flexibility index (Phi) is 6.42. The van der Waals surface area contributed by atoms with E-state index in [2.05, 4.69) is 5.32 Å². The van der Waals surface area contributed by atoms with Crippen molar-refractivity contribution in [3.63, 3.8) is 0 Å². The summed E-state index contributed by atoms with van der Waals surface area (Å²) in [4.78, 5) is 38.5. The second kappa shape index (κ2) is 9.17. The lowest BCUT2D eigenvalue weighted by Gasteiger charge is -2.32. The molecule has 2 aromatic carbocycles. The van der Waals surface area contributed by atoms with Crippen molar-refractivity contribution in [1.82, 2.24) is 10.2 Å². The van der Waals surface area contributed by atoms with Gasteiger partial charge in [0.2, 0.25) is 11.8 Å². The van der Waals surface area contributed by atoms with Gasteiger partial charge in [-0.25, -0.2) is 0 Å². The van der Waals surface area contributed by atoms with Crippen LogP contribution < -0.4 is 11.1 Å². The first-order chi connectivity index (χ1) is 13.5. The molecular weight excluding hydrogens is 354 g/mol. The summed E-state index contributed by atoms with van der Waals surface area (Å²) in [5.41, 5.74) is 6.80. The molecule has 1 aliphatic heterocycles. The molecule has 3 amide bonds. The predicted molar refractivity (Wildman–Crippen MR) is 106 cm³/mol. The monoisotopic (exact) mass is 379 g/mol. The number of nitrogens with one attached hydrogen (secondary N) is 1. The number of piperidine rings is 1. The van der Waals surface area contributed by atoms with E-state index in [0.29, 0.717) is 31.5 Å². The fourth-order valence-electron chi connectivity index (χ4n) is 3.49. The molecule has 146 valence electrons. The minimum atomic E-state index is -0.421. The van der Waals surface area contributed by atoms with Crippen LogP contribution in [0, 0.1) is 5.92 Å². The zero-order chi connectivity index (χ0) is 19.9. The van der Waals surface area contributed by atoms with E-state index in [1.807, 2.05) is 36.4 Å². The normalized spacial score (nSPS) is 15.6. The second-order valence-electron chi connectivity index (χ2n) is 7.06. The van der Waals surface area contributed by atoms with E-state index >= 15 is 0 Å². The molecule has 3 N–H and O–H groups in total. The third kappa shape index (κ3) is 4.97. The predicted octanol–water partition coefficient (Wildman–Crippen LogP) is 2.27. The average molecular weight is 379 g/mol. The number of nitrogens with zero attached hydrogens (tertiary/aromatic N) is 1. The van der Waals surface area contributed by atoms with E-state index in [0.717, 1.165) is 5.56 Å². The summed E-state index contributed by atoms with van der Waals surface area (Å²) in [5, 5.41) is 2.99. The van der Waals surface area contributed by atoms with E-state index in [4.69, 9.17) is 5.73 Å². The summed E-state index contributed by atoms with van der Waals surface area (Å²) < 4.78 is 0. The van der Waals surface area contributed by atoms with E-state index < -0.39 is 6.04 Å². The third-order valence-corrected chi connectivity index (χ3v) is 5.17. The highest BCUT2D eigenvalue weighted by molar-refractivity contribution is 5.94. The lowest BCUT2D eigenvalue weighted by molar-refractivity contribution is -0.135. The fourth-order valence-corrected chi connectivity index (χ4v) is 3.49. The first kappa shape index (κ1) is 19.6. The lowest BCUT2D eigenvalue weighted by atomic mass is 9.95. The molecule has 0 bridgehead atoms. The average Bonchev–Trinajstić information content (AvgIpc) is 2.74. The van der Waals surface area contributed by atoms with Crippen molar-refractivity contribution in [2.24, 2.45) is 11.7 Å². The topological polar surface area (TPSA) is 92.5 Å². The largest absolute Gasteiger partial charge is 0.369 e. The number of nitrogens with two attached hydrogens (primary N) is 1. The van der Waals surface area contributed by atoms with Crippen LogP contribution in [-0.4, -0.2) is 35.7 Å². The van der Waals surface area contributed by atoms with Crippen molar-refractivity contribution in [3.8, 4) is 0 Å². The molecule has 1 fully saturated rings. The van der Waals surface area contributed by atoms with Crippen molar-refractivity contribution in [1.29, 1.82) is 0 Å². The number of hydrogen-bond acceptors (Lipinski definition) is 3. The number of carbonyl (C=O) groups is 3. The SMILES string of the molecule is NC(=O)C1CCN(C(=O)CC(NC(=O)c2ccccc2)c2ccccc2)CC1. The van der Waals surface area contributed by atoms with Crippen LogP contribution in [0.5, 0.6) is 0 Å². The van der Waals surface area contributed by atoms with Gasteiger partial charge in [-0.1, -0.05) is 48.5 Å². The maximum atomic E-state index is 12.8. The van der Waals surface area contributed by atoms with Gasteiger partial charge in [0, 0.05) is 24.6 Å². The van der Waals surface area contributed by atoms with Gasteiger partial charge in [0.15, 0.2) is 0 Å². The fraction of sp³-hybridized carbons (Fsp3) is 0.318. The van der Waals surface area contributed by atoms with Crippen LogP contribution >= 0.6 is 0 Å².